The van der Waals surface area contributed by atoms with Gasteiger partial charge in [-0.1, -0.05) is 0 Å². The smallest absolute Gasteiger partial charge is 0.193 e. The number of nitrogens with one attached hydrogen (secondary N) is 1. The van der Waals surface area contributed by atoms with Crippen LogP contribution in [0.4, 0.5) is 5.69 Å². The lowest BCUT2D eigenvalue weighted by Crippen LogP contribution is -2.25. The van der Waals surface area contributed by atoms with Crippen molar-refractivity contribution in [1.29, 1.82) is 0 Å². The summed E-state index contributed by atoms with van der Waals surface area (Å²) in [6.07, 6.45) is 3.97. The fourth-order valence-electron chi connectivity index (χ4n) is 3.11. The third-order valence-electron chi connectivity index (χ3n) is 4.56. The molecule has 3 rings (SSSR count). The van der Waals surface area contributed by atoms with Crippen molar-refractivity contribution in [2.45, 2.75) is 25.3 Å². The van der Waals surface area contributed by atoms with Crippen LogP contribution in [0, 0.1) is 5.92 Å². The number of benzene rings is 1. The summed E-state index contributed by atoms with van der Waals surface area (Å²) in [5.74, 6) is 2.43. The van der Waals surface area contributed by atoms with Gasteiger partial charge >= 0.3 is 0 Å². The molecule has 1 aliphatic carbocycles. The van der Waals surface area contributed by atoms with Gasteiger partial charge in [-0.05, 0) is 43.9 Å². The first-order chi connectivity index (χ1) is 11.2. The van der Waals surface area contributed by atoms with Crippen LogP contribution < -0.4 is 20.5 Å². The van der Waals surface area contributed by atoms with Crippen molar-refractivity contribution >= 4 is 11.6 Å². The van der Waals surface area contributed by atoms with E-state index in [1.54, 1.807) is 14.2 Å². The number of likely N-dealkylation sites (tertiary alicyclic amines) is 1. The van der Waals surface area contributed by atoms with Crippen LogP contribution in [-0.2, 0) is 0 Å². The fraction of sp³-hybridized carbons (Fsp3) is 0.588. The Hall–Kier alpha value is -1.95. The maximum Gasteiger partial charge on any atom is 0.193 e. The number of guanidine groups is 1. The summed E-state index contributed by atoms with van der Waals surface area (Å²) in [5, 5.41) is 3.12. The van der Waals surface area contributed by atoms with Gasteiger partial charge in [0.1, 0.15) is 0 Å². The molecule has 0 spiro atoms. The zero-order chi connectivity index (χ0) is 16.2. The molecular formula is C17H26N4O2. The topological polar surface area (TPSA) is 72.1 Å². The molecule has 1 atom stereocenters. The lowest BCUT2D eigenvalue weighted by Gasteiger charge is -2.14. The molecule has 1 unspecified atom stereocenters. The van der Waals surface area contributed by atoms with E-state index in [4.69, 9.17) is 15.2 Å². The van der Waals surface area contributed by atoms with Crippen molar-refractivity contribution in [3.8, 4) is 11.5 Å². The first-order valence-electron chi connectivity index (χ1n) is 8.22. The normalized spacial score (nSPS) is 22.2. The van der Waals surface area contributed by atoms with Crippen LogP contribution in [0.25, 0.3) is 0 Å². The maximum absolute atomic E-state index is 6.01. The first kappa shape index (κ1) is 15.9. The number of nitrogens with zero attached hydrogens (tertiary/aromatic N) is 2. The van der Waals surface area contributed by atoms with Crippen LogP contribution in [0.3, 0.4) is 0 Å². The molecule has 0 aromatic heterocycles. The summed E-state index contributed by atoms with van der Waals surface area (Å²) in [5.41, 5.74) is 6.85. The monoisotopic (exact) mass is 318 g/mol. The summed E-state index contributed by atoms with van der Waals surface area (Å²) in [4.78, 5) is 7.09. The molecule has 0 bridgehead atoms. The average Bonchev–Trinajstić information content (AvgIpc) is 3.31. The standard InChI is InChI=1S/C17H26N4O2/c1-22-15-6-3-13(9-16(15)23-2)20-17(18)19-10-12-7-8-21(11-12)14-4-5-14/h3,6,9,12,14H,4-5,7-8,10-11H2,1-2H3,(H3,18,19,20). The number of rotatable bonds is 6. The molecule has 6 heteroatoms. The molecule has 1 saturated carbocycles. The summed E-state index contributed by atoms with van der Waals surface area (Å²) >= 11 is 0. The zero-order valence-electron chi connectivity index (χ0n) is 13.9. The van der Waals surface area contributed by atoms with Gasteiger partial charge in [0, 0.05) is 30.9 Å². The predicted molar refractivity (Wildman–Crippen MR) is 92.4 cm³/mol. The van der Waals surface area contributed by atoms with Crippen LogP contribution in [0.15, 0.2) is 23.2 Å². The summed E-state index contributed by atoms with van der Waals surface area (Å²) in [6.45, 7) is 3.17. The minimum absolute atomic E-state index is 0.446. The zero-order valence-corrected chi connectivity index (χ0v) is 13.9. The number of hydrogen-bond donors (Lipinski definition) is 2. The highest BCUT2D eigenvalue weighted by Gasteiger charge is 2.34. The van der Waals surface area contributed by atoms with Gasteiger partial charge < -0.3 is 25.4 Å². The molecular weight excluding hydrogens is 292 g/mol. The van der Waals surface area contributed by atoms with E-state index in [0.29, 0.717) is 23.4 Å². The van der Waals surface area contributed by atoms with E-state index in [0.717, 1.165) is 24.8 Å². The molecule has 126 valence electrons. The largest absolute Gasteiger partial charge is 0.493 e. The van der Waals surface area contributed by atoms with Gasteiger partial charge in [0.05, 0.1) is 14.2 Å². The van der Waals surface area contributed by atoms with Crippen molar-refractivity contribution in [3.05, 3.63) is 18.2 Å². The third-order valence-corrected chi connectivity index (χ3v) is 4.56. The predicted octanol–water partition coefficient (Wildman–Crippen LogP) is 1.91. The van der Waals surface area contributed by atoms with E-state index < -0.39 is 0 Å². The molecule has 0 radical (unpaired) electrons. The van der Waals surface area contributed by atoms with Crippen molar-refractivity contribution in [2.75, 3.05) is 39.2 Å². The second-order valence-corrected chi connectivity index (χ2v) is 6.30. The molecule has 0 amide bonds. The van der Waals surface area contributed by atoms with Crippen molar-refractivity contribution in [2.24, 2.45) is 16.6 Å². The fourth-order valence-corrected chi connectivity index (χ4v) is 3.11. The number of hydrogen-bond acceptors (Lipinski definition) is 4. The Morgan fingerprint density at radius 1 is 1.26 bits per heavy atom. The number of anilines is 1. The summed E-state index contributed by atoms with van der Waals surface area (Å²) in [6, 6.07) is 6.45. The summed E-state index contributed by atoms with van der Waals surface area (Å²) < 4.78 is 10.5. The van der Waals surface area contributed by atoms with Gasteiger partial charge in [-0.3, -0.25) is 4.99 Å². The Morgan fingerprint density at radius 3 is 2.74 bits per heavy atom. The number of ether oxygens (including phenoxy) is 2. The number of aliphatic imine (C=N–C) groups is 1. The molecule has 1 aromatic carbocycles. The van der Waals surface area contributed by atoms with Crippen LogP contribution in [0.1, 0.15) is 19.3 Å². The third kappa shape index (κ3) is 4.07. The molecule has 1 aromatic rings. The Kier molecular flexibility index (Phi) is 4.91. The van der Waals surface area contributed by atoms with E-state index in [-0.39, 0.29) is 0 Å². The van der Waals surface area contributed by atoms with E-state index in [9.17, 15) is 0 Å². The number of nitrogens with two attached hydrogens (primary N) is 1. The van der Waals surface area contributed by atoms with Gasteiger partial charge in [-0.25, -0.2) is 0 Å². The van der Waals surface area contributed by atoms with E-state index in [2.05, 4.69) is 15.2 Å². The summed E-state index contributed by atoms with van der Waals surface area (Å²) in [7, 11) is 3.23. The van der Waals surface area contributed by atoms with Crippen molar-refractivity contribution in [3.63, 3.8) is 0 Å². The van der Waals surface area contributed by atoms with Gasteiger partial charge in [0.15, 0.2) is 17.5 Å². The van der Waals surface area contributed by atoms with Crippen LogP contribution in [0.2, 0.25) is 0 Å². The van der Waals surface area contributed by atoms with Crippen LogP contribution >= 0.6 is 0 Å². The van der Waals surface area contributed by atoms with Crippen LogP contribution in [-0.4, -0.2) is 50.8 Å². The Labute approximate surface area is 137 Å². The highest BCUT2D eigenvalue weighted by atomic mass is 16.5. The van der Waals surface area contributed by atoms with E-state index >= 15 is 0 Å². The molecule has 1 heterocycles. The average molecular weight is 318 g/mol. The highest BCUT2D eigenvalue weighted by molar-refractivity contribution is 5.92. The second kappa shape index (κ2) is 7.08. The molecule has 6 nitrogen and oxygen atoms in total. The van der Waals surface area contributed by atoms with E-state index in [1.165, 1.54) is 25.8 Å². The Balaban J connectivity index is 1.52. The Bertz CT molecular complexity index is 572. The Morgan fingerprint density at radius 2 is 2.04 bits per heavy atom. The van der Waals surface area contributed by atoms with Crippen molar-refractivity contribution in [1.82, 2.24) is 4.90 Å². The van der Waals surface area contributed by atoms with Crippen molar-refractivity contribution < 1.29 is 9.47 Å². The highest BCUT2D eigenvalue weighted by Crippen LogP contribution is 2.32. The van der Waals surface area contributed by atoms with Gasteiger partial charge in [-0.2, -0.15) is 0 Å². The molecule has 23 heavy (non-hydrogen) atoms. The lowest BCUT2D eigenvalue weighted by molar-refractivity contribution is 0.315. The molecule has 2 fully saturated rings. The number of methoxy groups -OCH3 is 2. The lowest BCUT2D eigenvalue weighted by atomic mass is 10.1. The quantitative estimate of drug-likeness (QED) is 0.619. The van der Waals surface area contributed by atoms with Gasteiger partial charge in [-0.15, -0.1) is 0 Å². The molecule has 1 saturated heterocycles. The maximum atomic E-state index is 6.01. The van der Waals surface area contributed by atoms with Gasteiger partial charge in [0.2, 0.25) is 0 Å². The first-order valence-corrected chi connectivity index (χ1v) is 8.22. The minimum atomic E-state index is 0.446. The van der Waals surface area contributed by atoms with E-state index in [1.807, 2.05) is 18.2 Å². The SMILES string of the molecule is COc1ccc(NC(N)=NCC2CCN(C3CC3)C2)cc1OC. The molecule has 1 aliphatic heterocycles. The minimum Gasteiger partial charge on any atom is -0.493 e. The second-order valence-electron chi connectivity index (χ2n) is 6.30. The molecule has 3 N–H and O–H groups in total. The van der Waals surface area contributed by atoms with Gasteiger partial charge in [0.25, 0.3) is 0 Å². The van der Waals surface area contributed by atoms with Crippen LogP contribution in [0.5, 0.6) is 11.5 Å². The molecule has 2 aliphatic rings.